The molecule has 2 atom stereocenters. The summed E-state index contributed by atoms with van der Waals surface area (Å²) >= 11 is 0. The van der Waals surface area contributed by atoms with E-state index >= 15 is 0 Å². The number of likely N-dealkylation sites (tertiary alicyclic amines) is 1. The Morgan fingerprint density at radius 3 is 2.45 bits per heavy atom. The van der Waals surface area contributed by atoms with Crippen molar-refractivity contribution in [3.8, 4) is 0 Å². The maximum absolute atomic E-state index is 12.3. The molecule has 0 bridgehead atoms. The fraction of sp³-hybridized carbons (Fsp3) is 0.875. The zero-order valence-corrected chi connectivity index (χ0v) is 16.7. The van der Waals surface area contributed by atoms with Crippen molar-refractivity contribution < 1.29 is 38.9 Å². The minimum absolute atomic E-state index is 0.0404. The number of amides is 1. The van der Waals surface area contributed by atoms with Crippen LogP contribution < -0.4 is 0 Å². The quantitative estimate of drug-likeness (QED) is 0.208. The van der Waals surface area contributed by atoms with Gasteiger partial charge in [-0.05, 0) is 52.9 Å². The predicted octanol–water partition coefficient (Wildman–Crippen LogP) is 1.88. The van der Waals surface area contributed by atoms with Crippen LogP contribution >= 0.6 is 0 Å². The highest BCUT2D eigenvalue weighted by atomic mass is 17.0. The highest BCUT2D eigenvalue weighted by Crippen LogP contribution is 2.22. The van der Waals surface area contributed by atoms with Gasteiger partial charge in [-0.3, -0.25) is 4.90 Å². The fourth-order valence-corrected chi connectivity index (χ4v) is 2.73. The molecule has 29 heavy (non-hydrogen) atoms. The molecule has 1 rings (SSSR count). The van der Waals surface area contributed by atoms with Crippen molar-refractivity contribution in [2.75, 3.05) is 19.8 Å². The van der Waals surface area contributed by atoms with E-state index in [2.05, 4.69) is 9.68 Å². The van der Waals surface area contributed by atoms with Crippen molar-refractivity contribution in [1.82, 2.24) is 4.90 Å². The van der Waals surface area contributed by atoms with E-state index in [4.69, 9.17) is 9.47 Å². The first-order valence-corrected chi connectivity index (χ1v) is 9.24. The van der Waals surface area contributed by atoms with Crippen molar-refractivity contribution in [2.45, 2.75) is 70.6 Å². The summed E-state index contributed by atoms with van der Waals surface area (Å²) in [4.78, 5) is 54.8. The molecule has 0 spiro atoms. The third kappa shape index (κ3) is 9.76. The van der Waals surface area contributed by atoms with Crippen LogP contribution in [0.25, 0.3) is 0 Å². The van der Waals surface area contributed by atoms with Crippen LogP contribution in [0.3, 0.4) is 0 Å². The molecule has 1 saturated heterocycles. The second kappa shape index (κ2) is 11.2. The van der Waals surface area contributed by atoms with E-state index in [1.165, 1.54) is 4.90 Å². The van der Waals surface area contributed by atoms with Crippen LogP contribution in [0, 0.1) is 20.2 Å². The molecule has 0 radical (unpaired) electrons. The van der Waals surface area contributed by atoms with Crippen molar-refractivity contribution in [3.63, 3.8) is 0 Å². The molecule has 1 aliphatic heterocycles. The Kier molecular flexibility index (Phi) is 9.35. The highest BCUT2D eigenvalue weighted by Gasteiger charge is 2.37. The number of nitrogens with zero attached hydrogens (tertiary/aromatic N) is 3. The maximum atomic E-state index is 12.3. The second-order valence-corrected chi connectivity index (χ2v) is 7.47. The molecule has 13 heteroatoms. The van der Waals surface area contributed by atoms with Crippen LogP contribution in [-0.4, -0.2) is 64.6 Å². The molecular weight excluding hydrogens is 394 g/mol. The van der Waals surface area contributed by atoms with Gasteiger partial charge in [-0.1, -0.05) is 0 Å². The van der Waals surface area contributed by atoms with Gasteiger partial charge in [0.15, 0.2) is 0 Å². The molecule has 1 unspecified atom stereocenters. The second-order valence-electron chi connectivity index (χ2n) is 7.47. The molecule has 1 heterocycles. The zero-order chi connectivity index (χ0) is 22.0. The molecule has 1 amide bonds. The molecule has 0 aromatic carbocycles. The molecule has 0 aromatic heterocycles. The Morgan fingerprint density at radius 1 is 1.17 bits per heavy atom. The van der Waals surface area contributed by atoms with Gasteiger partial charge in [0.2, 0.25) is 0 Å². The third-order valence-electron chi connectivity index (χ3n) is 3.92. The van der Waals surface area contributed by atoms with Gasteiger partial charge in [-0.2, -0.15) is 0 Å². The minimum atomic E-state index is -1.09. The molecule has 1 fully saturated rings. The predicted molar refractivity (Wildman–Crippen MR) is 95.6 cm³/mol. The summed E-state index contributed by atoms with van der Waals surface area (Å²) in [6.45, 7) is 5.09. The van der Waals surface area contributed by atoms with Crippen LogP contribution in [0.15, 0.2) is 0 Å². The third-order valence-corrected chi connectivity index (χ3v) is 3.92. The lowest BCUT2D eigenvalue weighted by Gasteiger charge is -2.27. The van der Waals surface area contributed by atoms with Crippen LogP contribution in [0.2, 0.25) is 0 Å². The first-order valence-electron chi connectivity index (χ1n) is 9.24. The Balaban J connectivity index is 2.37. The van der Waals surface area contributed by atoms with Gasteiger partial charge in [0.05, 0.1) is 6.61 Å². The summed E-state index contributed by atoms with van der Waals surface area (Å²) in [7, 11) is 0. The monoisotopic (exact) mass is 421 g/mol. The maximum Gasteiger partial charge on any atom is 0.411 e. The van der Waals surface area contributed by atoms with Crippen molar-refractivity contribution in [1.29, 1.82) is 0 Å². The largest absolute Gasteiger partial charge is 0.464 e. The molecule has 0 aliphatic carbocycles. The average Bonchev–Trinajstić information content (AvgIpc) is 3.07. The molecule has 0 aromatic rings. The van der Waals surface area contributed by atoms with Gasteiger partial charge >= 0.3 is 12.1 Å². The number of carbonyl (C=O) groups excluding carboxylic acids is 2. The Bertz CT molecular complexity index is 592. The van der Waals surface area contributed by atoms with Gasteiger partial charge in [0.25, 0.3) is 10.2 Å². The van der Waals surface area contributed by atoms with E-state index in [0.717, 1.165) is 0 Å². The van der Waals surface area contributed by atoms with Gasteiger partial charge in [0, 0.05) is 6.54 Å². The van der Waals surface area contributed by atoms with Gasteiger partial charge in [-0.15, -0.1) is 20.2 Å². The van der Waals surface area contributed by atoms with Crippen molar-refractivity contribution in [2.24, 2.45) is 0 Å². The molecular formula is C16H27N3O10. The molecule has 1 aliphatic rings. The number of esters is 1. The Morgan fingerprint density at radius 2 is 1.86 bits per heavy atom. The first kappa shape index (κ1) is 24.2. The summed E-state index contributed by atoms with van der Waals surface area (Å²) in [5, 5.41) is 18.5. The van der Waals surface area contributed by atoms with Crippen LogP contribution in [-0.2, 0) is 23.9 Å². The van der Waals surface area contributed by atoms with E-state index in [9.17, 15) is 29.8 Å². The summed E-state index contributed by atoms with van der Waals surface area (Å²) < 4.78 is 10.5. The summed E-state index contributed by atoms with van der Waals surface area (Å²) in [5.74, 6) is -0.539. The number of hydrogen-bond donors (Lipinski definition) is 0. The van der Waals surface area contributed by atoms with Crippen molar-refractivity contribution in [3.05, 3.63) is 20.2 Å². The number of hydrogen-bond acceptors (Lipinski definition) is 10. The first-order chi connectivity index (χ1) is 13.5. The van der Waals surface area contributed by atoms with Gasteiger partial charge < -0.3 is 19.1 Å². The van der Waals surface area contributed by atoms with Crippen molar-refractivity contribution >= 4 is 12.1 Å². The van der Waals surface area contributed by atoms with E-state index < -0.39 is 46.6 Å². The summed E-state index contributed by atoms with van der Waals surface area (Å²) in [5.41, 5.74) is -0.671. The molecule has 0 saturated carbocycles. The summed E-state index contributed by atoms with van der Waals surface area (Å²) in [6, 6.07) is -0.705. The fourth-order valence-electron chi connectivity index (χ4n) is 2.73. The molecule has 13 nitrogen and oxygen atoms in total. The lowest BCUT2D eigenvalue weighted by Crippen LogP contribution is -2.44. The normalized spacial score (nSPS) is 17.3. The van der Waals surface area contributed by atoms with E-state index in [1.54, 1.807) is 20.8 Å². The summed E-state index contributed by atoms with van der Waals surface area (Å²) in [6.07, 6.45) is 0.310. The topological polar surface area (TPSA) is 161 Å². The lowest BCUT2D eigenvalue weighted by molar-refractivity contribution is -0.790. The standard InChI is InChI=1S/C16H27N3O10/c1-16(2,3)28-15(21)17-9-6-8-13(17)14(20)26-10-5-4-7-12(29-19(24)25)11-27-18(22)23/h12-13H,4-11H2,1-3H3/t12?,13-/m1/s1. The number of rotatable bonds is 11. The van der Waals surface area contributed by atoms with E-state index in [0.29, 0.717) is 32.2 Å². The van der Waals surface area contributed by atoms with E-state index in [-0.39, 0.29) is 13.0 Å². The smallest absolute Gasteiger partial charge is 0.411 e. The number of carbonyl (C=O) groups is 2. The number of unbranched alkanes of at least 4 members (excludes halogenated alkanes) is 1. The van der Waals surface area contributed by atoms with Crippen LogP contribution in [0.1, 0.15) is 52.9 Å². The van der Waals surface area contributed by atoms with Gasteiger partial charge in [-0.25, -0.2) is 9.59 Å². The molecule has 166 valence electrons. The Labute approximate surface area is 167 Å². The zero-order valence-electron chi connectivity index (χ0n) is 16.7. The van der Waals surface area contributed by atoms with E-state index in [1.807, 2.05) is 0 Å². The number of ether oxygens (including phenoxy) is 2. The minimum Gasteiger partial charge on any atom is -0.464 e. The average molecular weight is 421 g/mol. The Hall–Kier alpha value is -2.86. The van der Waals surface area contributed by atoms with Gasteiger partial charge in [0.1, 0.15) is 24.4 Å². The highest BCUT2D eigenvalue weighted by molar-refractivity contribution is 5.82. The molecule has 0 N–H and O–H groups in total. The SMILES string of the molecule is CC(C)(C)OC(=O)N1CCC[C@@H]1C(=O)OCCCCC(CO[N+](=O)[O-])O[N+](=O)[O-]. The van der Waals surface area contributed by atoms with Crippen LogP contribution in [0.4, 0.5) is 4.79 Å². The lowest BCUT2D eigenvalue weighted by atomic mass is 10.1. The van der Waals surface area contributed by atoms with Crippen LogP contribution in [0.5, 0.6) is 0 Å².